The molecular formula is C18H25N5O2. The number of nitrogens with zero attached hydrogens (tertiary/aromatic N) is 3. The second-order valence-electron chi connectivity index (χ2n) is 6.41. The van der Waals surface area contributed by atoms with E-state index >= 15 is 0 Å². The van der Waals surface area contributed by atoms with E-state index in [1.807, 2.05) is 17.2 Å². The van der Waals surface area contributed by atoms with Crippen LogP contribution in [-0.2, 0) is 6.54 Å². The minimum Gasteiger partial charge on any atom is -0.338 e. The van der Waals surface area contributed by atoms with Gasteiger partial charge in [0.1, 0.15) is 0 Å². The van der Waals surface area contributed by atoms with E-state index < -0.39 is 0 Å². The molecule has 1 atom stereocenters. The molecule has 1 fully saturated rings. The van der Waals surface area contributed by atoms with E-state index in [0.717, 1.165) is 44.2 Å². The number of hydrogen-bond donors (Lipinski definition) is 2. The summed E-state index contributed by atoms with van der Waals surface area (Å²) in [7, 11) is 0. The van der Waals surface area contributed by atoms with Gasteiger partial charge in [-0.25, -0.2) is 4.79 Å². The van der Waals surface area contributed by atoms with Gasteiger partial charge in [0.25, 0.3) is 0 Å². The van der Waals surface area contributed by atoms with Crippen LogP contribution in [0.25, 0.3) is 0 Å². The summed E-state index contributed by atoms with van der Waals surface area (Å²) in [6.07, 6.45) is 10.3. The molecule has 2 aromatic rings. The van der Waals surface area contributed by atoms with Crippen molar-refractivity contribution in [3.05, 3.63) is 52.7 Å². The average Bonchev–Trinajstić information content (AvgIpc) is 3.17. The molecule has 0 saturated carbocycles. The summed E-state index contributed by atoms with van der Waals surface area (Å²) in [4.78, 5) is 26.1. The molecule has 1 aliphatic heterocycles. The molecular weight excluding hydrogens is 318 g/mol. The summed E-state index contributed by atoms with van der Waals surface area (Å²) < 4.78 is 1.70. The number of pyridine rings is 1. The maximum Gasteiger partial charge on any atom is 0.317 e. The van der Waals surface area contributed by atoms with Crippen molar-refractivity contribution in [2.45, 2.75) is 44.7 Å². The fourth-order valence-electron chi connectivity index (χ4n) is 3.31. The molecule has 1 saturated heterocycles. The molecule has 0 aliphatic carbocycles. The zero-order chi connectivity index (χ0) is 17.5. The van der Waals surface area contributed by atoms with E-state index in [1.54, 1.807) is 29.1 Å². The van der Waals surface area contributed by atoms with E-state index in [2.05, 4.69) is 15.5 Å². The Morgan fingerprint density at radius 2 is 2.24 bits per heavy atom. The first-order chi connectivity index (χ1) is 12.3. The van der Waals surface area contributed by atoms with Crippen molar-refractivity contribution >= 4 is 6.03 Å². The first kappa shape index (κ1) is 17.3. The zero-order valence-electron chi connectivity index (χ0n) is 14.4. The van der Waals surface area contributed by atoms with Gasteiger partial charge >= 0.3 is 6.03 Å². The minimum atomic E-state index is -0.0113. The van der Waals surface area contributed by atoms with Gasteiger partial charge in [0.15, 0.2) is 0 Å². The lowest BCUT2D eigenvalue weighted by Gasteiger charge is -2.35. The number of urea groups is 1. The summed E-state index contributed by atoms with van der Waals surface area (Å²) in [5, 5.41) is 9.85. The minimum absolute atomic E-state index is 0.0113. The predicted octanol–water partition coefficient (Wildman–Crippen LogP) is 2.29. The van der Waals surface area contributed by atoms with E-state index in [0.29, 0.717) is 13.1 Å². The van der Waals surface area contributed by atoms with E-state index in [-0.39, 0.29) is 17.6 Å². The maximum atomic E-state index is 12.5. The lowest BCUT2D eigenvalue weighted by atomic mass is 9.98. The van der Waals surface area contributed by atoms with Gasteiger partial charge in [-0.3, -0.25) is 9.89 Å². The molecule has 0 bridgehead atoms. The van der Waals surface area contributed by atoms with Crippen LogP contribution in [0.5, 0.6) is 0 Å². The number of piperidine rings is 1. The fourth-order valence-corrected chi connectivity index (χ4v) is 3.31. The van der Waals surface area contributed by atoms with Crippen LogP contribution in [0.4, 0.5) is 4.79 Å². The standard InChI is InChI=1S/C18H25N5O2/c24-17-8-2-4-10-22(17)11-6-3-9-19-18(25)23-12-5-1-7-16(23)15-13-20-21-14-15/h2,4,8,10,13-14,16H,1,3,5-7,9,11-12H2,(H,19,25)(H,20,21)/t16-/m1/s1. The highest BCUT2D eigenvalue weighted by Crippen LogP contribution is 2.30. The monoisotopic (exact) mass is 343 g/mol. The molecule has 2 N–H and O–H groups in total. The highest BCUT2D eigenvalue weighted by molar-refractivity contribution is 5.74. The highest BCUT2D eigenvalue weighted by Gasteiger charge is 2.28. The molecule has 3 heterocycles. The number of rotatable bonds is 6. The van der Waals surface area contributed by atoms with Gasteiger partial charge in [0, 0.05) is 43.7 Å². The summed E-state index contributed by atoms with van der Waals surface area (Å²) in [6, 6.07) is 5.26. The van der Waals surface area contributed by atoms with Crippen molar-refractivity contribution in [2.75, 3.05) is 13.1 Å². The van der Waals surface area contributed by atoms with Gasteiger partial charge in [-0.15, -0.1) is 0 Å². The number of carbonyl (C=O) groups is 1. The average molecular weight is 343 g/mol. The number of amides is 2. The van der Waals surface area contributed by atoms with Gasteiger partial charge in [-0.2, -0.15) is 5.10 Å². The Hall–Kier alpha value is -2.57. The zero-order valence-corrected chi connectivity index (χ0v) is 14.4. The number of aromatic nitrogens is 3. The van der Waals surface area contributed by atoms with Gasteiger partial charge in [0.2, 0.25) is 5.56 Å². The first-order valence-corrected chi connectivity index (χ1v) is 8.94. The number of hydrogen-bond acceptors (Lipinski definition) is 3. The van der Waals surface area contributed by atoms with Crippen LogP contribution < -0.4 is 10.9 Å². The van der Waals surface area contributed by atoms with E-state index in [4.69, 9.17) is 0 Å². The van der Waals surface area contributed by atoms with E-state index in [9.17, 15) is 9.59 Å². The number of H-pyrrole nitrogens is 1. The van der Waals surface area contributed by atoms with E-state index in [1.165, 1.54) is 0 Å². The van der Waals surface area contributed by atoms with Crippen molar-refractivity contribution < 1.29 is 4.79 Å². The number of aryl methyl sites for hydroxylation is 1. The topological polar surface area (TPSA) is 83.0 Å². The Morgan fingerprint density at radius 1 is 1.32 bits per heavy atom. The van der Waals surface area contributed by atoms with Gasteiger partial charge in [0.05, 0.1) is 12.2 Å². The van der Waals surface area contributed by atoms with Crippen molar-refractivity contribution in [1.29, 1.82) is 0 Å². The number of aromatic amines is 1. The van der Waals surface area contributed by atoms with Gasteiger partial charge in [-0.1, -0.05) is 6.07 Å². The Bertz CT molecular complexity index is 725. The molecule has 1 aliphatic rings. The summed E-state index contributed by atoms with van der Waals surface area (Å²) in [5.74, 6) is 0. The molecule has 7 nitrogen and oxygen atoms in total. The van der Waals surface area contributed by atoms with Crippen molar-refractivity contribution in [1.82, 2.24) is 25.0 Å². The van der Waals surface area contributed by atoms with Crippen LogP contribution >= 0.6 is 0 Å². The molecule has 2 aromatic heterocycles. The van der Waals surface area contributed by atoms with Crippen LogP contribution in [0, 0.1) is 0 Å². The third-order valence-electron chi connectivity index (χ3n) is 4.67. The maximum absolute atomic E-state index is 12.5. The summed E-state index contributed by atoms with van der Waals surface area (Å²) >= 11 is 0. The highest BCUT2D eigenvalue weighted by atomic mass is 16.2. The lowest BCUT2D eigenvalue weighted by Crippen LogP contribution is -2.44. The largest absolute Gasteiger partial charge is 0.338 e. The number of likely N-dealkylation sites (tertiary alicyclic amines) is 1. The first-order valence-electron chi connectivity index (χ1n) is 8.94. The predicted molar refractivity (Wildman–Crippen MR) is 95.2 cm³/mol. The normalized spacial score (nSPS) is 17.4. The molecule has 0 unspecified atom stereocenters. The third kappa shape index (κ3) is 4.49. The molecule has 3 rings (SSSR count). The van der Waals surface area contributed by atoms with Crippen LogP contribution in [0.2, 0.25) is 0 Å². The Balaban J connectivity index is 1.44. The summed E-state index contributed by atoms with van der Waals surface area (Å²) in [5.41, 5.74) is 1.08. The SMILES string of the molecule is O=C(NCCCCn1ccccc1=O)N1CCCC[C@@H]1c1cn[nH]c1. The molecule has 0 spiro atoms. The number of carbonyl (C=O) groups excluding carboxylic acids is 1. The van der Waals surface area contributed by atoms with Crippen molar-refractivity contribution in [2.24, 2.45) is 0 Å². The van der Waals surface area contributed by atoms with Crippen molar-refractivity contribution in [3.63, 3.8) is 0 Å². The Morgan fingerprint density at radius 3 is 3.04 bits per heavy atom. The molecule has 134 valence electrons. The summed E-state index contributed by atoms with van der Waals surface area (Å²) in [6.45, 7) is 2.08. The molecule has 2 amide bonds. The van der Waals surface area contributed by atoms with Crippen molar-refractivity contribution in [3.8, 4) is 0 Å². The second-order valence-corrected chi connectivity index (χ2v) is 6.41. The van der Waals surface area contributed by atoms with Crippen LogP contribution in [-0.4, -0.2) is 38.8 Å². The molecule has 0 radical (unpaired) electrons. The van der Waals surface area contributed by atoms with Crippen LogP contribution in [0.15, 0.2) is 41.6 Å². The molecule has 25 heavy (non-hydrogen) atoms. The fraction of sp³-hybridized carbons (Fsp3) is 0.500. The number of nitrogens with one attached hydrogen (secondary N) is 2. The lowest BCUT2D eigenvalue weighted by molar-refractivity contribution is 0.151. The van der Waals surface area contributed by atoms with Gasteiger partial charge < -0.3 is 14.8 Å². The molecule has 0 aromatic carbocycles. The quantitative estimate of drug-likeness (QED) is 0.790. The van der Waals surface area contributed by atoms with Crippen LogP contribution in [0.1, 0.15) is 43.7 Å². The number of unbranched alkanes of at least 4 members (excludes halogenated alkanes) is 1. The smallest absolute Gasteiger partial charge is 0.317 e. The molecule has 7 heteroatoms. The Labute approximate surface area is 147 Å². The van der Waals surface area contributed by atoms with Gasteiger partial charge in [-0.05, 0) is 38.2 Å². The third-order valence-corrected chi connectivity index (χ3v) is 4.67. The Kier molecular flexibility index (Phi) is 5.87. The second kappa shape index (κ2) is 8.50. The van der Waals surface area contributed by atoms with Crippen LogP contribution in [0.3, 0.4) is 0 Å².